The van der Waals surface area contributed by atoms with Crippen molar-refractivity contribution < 1.29 is 10.2 Å². The lowest BCUT2D eigenvalue weighted by Crippen LogP contribution is -2.26. The lowest BCUT2D eigenvalue weighted by atomic mass is 10.0. The van der Waals surface area contributed by atoms with Crippen LogP contribution < -0.4 is 11.5 Å². The maximum Gasteiger partial charge on any atom is 0.0624 e. The van der Waals surface area contributed by atoms with E-state index in [1.165, 1.54) is 0 Å². The number of benzene rings is 1. The third-order valence-electron chi connectivity index (χ3n) is 3.07. The van der Waals surface area contributed by atoms with Gasteiger partial charge in [0.2, 0.25) is 0 Å². The van der Waals surface area contributed by atoms with E-state index in [1.54, 1.807) is 0 Å². The zero-order chi connectivity index (χ0) is 16.8. The van der Waals surface area contributed by atoms with Crippen LogP contribution in [0.5, 0.6) is 0 Å². The summed E-state index contributed by atoms with van der Waals surface area (Å²) < 4.78 is 0. The molecule has 0 radical (unpaired) electrons. The molecule has 0 amide bonds. The summed E-state index contributed by atoms with van der Waals surface area (Å²) in [5.41, 5.74) is 13.2. The number of aliphatic hydroxyl groups excluding tert-OH is 2. The molecule has 1 aromatic rings. The van der Waals surface area contributed by atoms with Crippen LogP contribution in [-0.4, -0.2) is 29.5 Å². The average molecular weight is 306 g/mol. The van der Waals surface area contributed by atoms with Gasteiger partial charge in [0, 0.05) is 0 Å². The fourth-order valence-electron chi connectivity index (χ4n) is 1.82. The van der Waals surface area contributed by atoms with Gasteiger partial charge in [0.05, 0.1) is 25.3 Å². The van der Waals surface area contributed by atoms with Gasteiger partial charge in [-0.3, -0.25) is 0 Å². The Morgan fingerprint density at radius 2 is 1.55 bits per heavy atom. The van der Waals surface area contributed by atoms with Crippen LogP contribution in [0.1, 0.15) is 38.3 Å². The van der Waals surface area contributed by atoms with Gasteiger partial charge >= 0.3 is 0 Å². The standard InChI is InChI=1S/C8H13NO.C8H11NO.C2H6/c2*9-8(6-10)7-4-2-1-3-5-7;1-2/h2,4-5,8,10H,1,3,6,9H2;1-5,8,10H,6,9H2;1-2H3. The Morgan fingerprint density at radius 1 is 0.955 bits per heavy atom. The molecule has 22 heavy (non-hydrogen) atoms. The van der Waals surface area contributed by atoms with Crippen LogP contribution in [0, 0.1) is 0 Å². The fraction of sp³-hybridized carbons (Fsp3) is 0.444. The Bertz CT molecular complexity index is 430. The van der Waals surface area contributed by atoms with Crippen molar-refractivity contribution in [3.8, 4) is 0 Å². The Morgan fingerprint density at radius 3 is 2.00 bits per heavy atom. The first-order chi connectivity index (χ1) is 10.7. The smallest absolute Gasteiger partial charge is 0.0624 e. The molecule has 0 bridgehead atoms. The monoisotopic (exact) mass is 306 g/mol. The van der Waals surface area contributed by atoms with E-state index in [1.807, 2.05) is 50.3 Å². The summed E-state index contributed by atoms with van der Waals surface area (Å²) in [7, 11) is 0. The molecule has 2 rings (SSSR count). The molecular weight excluding hydrogens is 276 g/mol. The van der Waals surface area contributed by atoms with Crippen LogP contribution in [0.15, 0.2) is 54.1 Å². The normalized spacial score (nSPS) is 15.5. The van der Waals surface area contributed by atoms with Crippen molar-refractivity contribution >= 4 is 0 Å². The molecule has 1 aliphatic rings. The van der Waals surface area contributed by atoms with Crippen LogP contribution in [0.2, 0.25) is 0 Å². The lowest BCUT2D eigenvalue weighted by Gasteiger charge is -2.11. The summed E-state index contributed by atoms with van der Waals surface area (Å²) in [4.78, 5) is 0. The molecule has 4 nitrogen and oxygen atoms in total. The topological polar surface area (TPSA) is 92.5 Å². The molecule has 1 aromatic carbocycles. The first kappa shape index (κ1) is 20.5. The number of nitrogens with two attached hydrogens (primary N) is 2. The van der Waals surface area contributed by atoms with Gasteiger partial charge in [-0.15, -0.1) is 0 Å². The van der Waals surface area contributed by atoms with E-state index < -0.39 is 0 Å². The number of hydrogen-bond acceptors (Lipinski definition) is 4. The molecule has 0 fully saturated rings. The largest absolute Gasteiger partial charge is 0.394 e. The van der Waals surface area contributed by atoms with E-state index in [4.69, 9.17) is 21.7 Å². The Kier molecular flexibility index (Phi) is 12.3. The minimum Gasteiger partial charge on any atom is -0.394 e. The molecular formula is C18H30N2O2. The summed E-state index contributed by atoms with van der Waals surface area (Å²) >= 11 is 0. The van der Waals surface area contributed by atoms with Crippen molar-refractivity contribution in [1.82, 2.24) is 0 Å². The first-order valence-corrected chi connectivity index (χ1v) is 7.83. The molecule has 6 N–H and O–H groups in total. The van der Waals surface area contributed by atoms with Crippen molar-refractivity contribution in [3.63, 3.8) is 0 Å². The van der Waals surface area contributed by atoms with Crippen LogP contribution in [-0.2, 0) is 0 Å². The van der Waals surface area contributed by atoms with Crippen molar-refractivity contribution in [1.29, 1.82) is 0 Å². The summed E-state index contributed by atoms with van der Waals surface area (Å²) in [6, 6.07) is 9.13. The van der Waals surface area contributed by atoms with Gasteiger partial charge in [0.15, 0.2) is 0 Å². The van der Waals surface area contributed by atoms with Crippen LogP contribution in [0.4, 0.5) is 0 Å². The molecule has 0 saturated carbocycles. The number of hydrogen-bond donors (Lipinski definition) is 4. The molecule has 0 aromatic heterocycles. The average Bonchev–Trinajstić information content (AvgIpc) is 2.64. The van der Waals surface area contributed by atoms with Gasteiger partial charge in [0.25, 0.3) is 0 Å². The SMILES string of the molecule is CC.NC(CO)C1=CCCC=C1.NC(CO)c1ccccc1. The molecule has 2 atom stereocenters. The Balaban J connectivity index is 0.000000360. The second-order valence-corrected chi connectivity index (χ2v) is 4.67. The Labute approximate surface area is 134 Å². The van der Waals surface area contributed by atoms with Crippen molar-refractivity contribution in [3.05, 3.63) is 59.7 Å². The maximum absolute atomic E-state index is 8.69. The molecule has 4 heteroatoms. The van der Waals surface area contributed by atoms with Crippen LogP contribution in [0.25, 0.3) is 0 Å². The summed E-state index contributed by atoms with van der Waals surface area (Å²) in [6.07, 6.45) is 8.32. The van der Waals surface area contributed by atoms with Crippen molar-refractivity contribution in [2.45, 2.75) is 38.8 Å². The number of allylic oxidation sites excluding steroid dienone is 2. The highest BCUT2D eigenvalue weighted by Gasteiger charge is 2.05. The van der Waals surface area contributed by atoms with E-state index in [-0.39, 0.29) is 25.3 Å². The molecule has 0 spiro atoms. The molecule has 2 unspecified atom stereocenters. The third kappa shape index (κ3) is 8.10. The quantitative estimate of drug-likeness (QED) is 0.686. The van der Waals surface area contributed by atoms with E-state index >= 15 is 0 Å². The minimum atomic E-state index is -0.235. The maximum atomic E-state index is 8.69. The summed E-state index contributed by atoms with van der Waals surface area (Å²) in [6.45, 7) is 4.04. The van der Waals surface area contributed by atoms with Gasteiger partial charge in [-0.05, 0) is 24.0 Å². The zero-order valence-corrected chi connectivity index (χ0v) is 13.7. The van der Waals surface area contributed by atoms with E-state index in [2.05, 4.69) is 12.2 Å². The third-order valence-corrected chi connectivity index (χ3v) is 3.07. The van der Waals surface area contributed by atoms with E-state index in [0.717, 1.165) is 24.0 Å². The molecule has 0 heterocycles. The Hall–Kier alpha value is -1.46. The second kappa shape index (κ2) is 13.2. The zero-order valence-electron chi connectivity index (χ0n) is 13.7. The number of aliphatic hydroxyl groups is 2. The number of rotatable bonds is 4. The minimum absolute atomic E-state index is 0.00398. The van der Waals surface area contributed by atoms with Crippen molar-refractivity contribution in [2.24, 2.45) is 11.5 Å². The van der Waals surface area contributed by atoms with Gasteiger partial charge < -0.3 is 21.7 Å². The second-order valence-electron chi connectivity index (χ2n) is 4.67. The van der Waals surface area contributed by atoms with E-state index in [0.29, 0.717) is 0 Å². The lowest BCUT2D eigenvalue weighted by molar-refractivity contribution is 0.268. The van der Waals surface area contributed by atoms with Crippen LogP contribution in [0.3, 0.4) is 0 Å². The molecule has 0 aliphatic heterocycles. The van der Waals surface area contributed by atoms with Gasteiger partial charge in [-0.25, -0.2) is 0 Å². The summed E-state index contributed by atoms with van der Waals surface area (Å²) in [5.74, 6) is 0. The molecule has 1 aliphatic carbocycles. The predicted octanol–water partition coefficient (Wildman–Crippen LogP) is 2.29. The van der Waals surface area contributed by atoms with E-state index in [9.17, 15) is 0 Å². The summed E-state index contributed by atoms with van der Waals surface area (Å²) in [5, 5.41) is 17.4. The first-order valence-electron chi connectivity index (χ1n) is 7.83. The van der Waals surface area contributed by atoms with Crippen LogP contribution >= 0.6 is 0 Å². The fourth-order valence-corrected chi connectivity index (χ4v) is 1.82. The highest BCUT2D eigenvalue weighted by atomic mass is 16.3. The van der Waals surface area contributed by atoms with Gasteiger partial charge in [-0.2, -0.15) is 0 Å². The van der Waals surface area contributed by atoms with Crippen molar-refractivity contribution in [2.75, 3.05) is 13.2 Å². The molecule has 0 saturated heterocycles. The van der Waals surface area contributed by atoms with Gasteiger partial charge in [-0.1, -0.05) is 62.4 Å². The highest BCUT2D eigenvalue weighted by Crippen LogP contribution is 2.11. The van der Waals surface area contributed by atoms with Gasteiger partial charge in [0.1, 0.15) is 0 Å². The predicted molar refractivity (Wildman–Crippen MR) is 93.3 cm³/mol. The highest BCUT2D eigenvalue weighted by molar-refractivity contribution is 5.26. The molecule has 124 valence electrons.